The number of anilines is 1. The van der Waals surface area contributed by atoms with E-state index in [1.54, 1.807) is 30.6 Å². The zero-order valence-electron chi connectivity index (χ0n) is 17.9. The summed E-state index contributed by atoms with van der Waals surface area (Å²) in [6.45, 7) is 6.60. The van der Waals surface area contributed by atoms with Crippen molar-refractivity contribution in [1.82, 2.24) is 9.97 Å². The Hall–Kier alpha value is -2.64. The number of aromatic nitrogens is 2. The monoisotopic (exact) mass is 439 g/mol. The van der Waals surface area contributed by atoms with Gasteiger partial charge in [-0.1, -0.05) is 33.8 Å². The van der Waals surface area contributed by atoms with Crippen LogP contribution in [0, 0.1) is 11.6 Å². The molecule has 31 heavy (non-hydrogen) atoms. The number of H-pyrrole nitrogens is 1. The highest BCUT2D eigenvalue weighted by Gasteiger charge is 2.31. The lowest BCUT2D eigenvalue weighted by Crippen LogP contribution is -2.26. The van der Waals surface area contributed by atoms with Crippen LogP contribution in [-0.4, -0.2) is 22.7 Å². The van der Waals surface area contributed by atoms with Gasteiger partial charge in [0, 0.05) is 17.8 Å². The molecular formula is C23H26F5N3. The van der Waals surface area contributed by atoms with Crippen molar-refractivity contribution in [3.8, 4) is 0 Å². The van der Waals surface area contributed by atoms with Crippen LogP contribution in [-0.2, 0) is 10.8 Å². The summed E-state index contributed by atoms with van der Waals surface area (Å²) in [7, 11) is 0. The van der Waals surface area contributed by atoms with E-state index >= 15 is 0 Å². The molecule has 0 aliphatic heterocycles. The summed E-state index contributed by atoms with van der Waals surface area (Å²) >= 11 is 0. The maximum absolute atomic E-state index is 14.8. The number of pyridine rings is 1. The number of hydrogen-bond donors (Lipinski definition) is 2. The molecule has 3 nitrogen and oxygen atoms in total. The van der Waals surface area contributed by atoms with Gasteiger partial charge in [0.15, 0.2) is 11.6 Å². The molecular weight excluding hydrogens is 413 g/mol. The number of rotatable bonds is 7. The largest absolute Gasteiger partial charge is 0.405 e. The highest BCUT2D eigenvalue weighted by Crippen LogP contribution is 2.38. The molecule has 1 aromatic carbocycles. The summed E-state index contributed by atoms with van der Waals surface area (Å²) < 4.78 is 66.2. The van der Waals surface area contributed by atoms with E-state index < -0.39 is 29.8 Å². The van der Waals surface area contributed by atoms with Crippen molar-refractivity contribution < 1.29 is 22.0 Å². The topological polar surface area (TPSA) is 40.7 Å². The van der Waals surface area contributed by atoms with Crippen LogP contribution < -0.4 is 5.32 Å². The zero-order valence-corrected chi connectivity index (χ0v) is 17.9. The van der Waals surface area contributed by atoms with Gasteiger partial charge in [-0.25, -0.2) is 13.8 Å². The molecule has 168 valence electrons. The van der Waals surface area contributed by atoms with Gasteiger partial charge in [0.05, 0.1) is 5.52 Å². The molecule has 0 bridgehead atoms. The molecule has 0 amide bonds. The van der Waals surface area contributed by atoms with Crippen LogP contribution in [0.25, 0.3) is 10.9 Å². The summed E-state index contributed by atoms with van der Waals surface area (Å²) in [4.78, 5) is 6.80. The van der Waals surface area contributed by atoms with Gasteiger partial charge in [-0.2, -0.15) is 13.2 Å². The third-order valence-electron chi connectivity index (χ3n) is 5.85. The Morgan fingerprint density at radius 3 is 2.23 bits per heavy atom. The molecule has 0 aliphatic rings. The average molecular weight is 439 g/mol. The Labute approximate surface area is 178 Å². The Balaban J connectivity index is 1.74. The summed E-state index contributed by atoms with van der Waals surface area (Å²) in [6, 6.07) is 6.65. The molecule has 0 saturated heterocycles. The highest BCUT2D eigenvalue weighted by atomic mass is 19.4. The van der Waals surface area contributed by atoms with E-state index in [9.17, 15) is 22.0 Å². The van der Waals surface area contributed by atoms with Crippen LogP contribution in [0.15, 0.2) is 36.7 Å². The average Bonchev–Trinajstić information content (AvgIpc) is 3.16. The molecule has 0 aliphatic carbocycles. The first-order valence-corrected chi connectivity index (χ1v) is 10.0. The van der Waals surface area contributed by atoms with Gasteiger partial charge in [0.2, 0.25) is 0 Å². The van der Waals surface area contributed by atoms with Gasteiger partial charge in [-0.05, 0) is 53.0 Å². The smallest absolute Gasteiger partial charge is 0.361 e. The molecule has 2 aromatic heterocycles. The fourth-order valence-electron chi connectivity index (χ4n) is 3.62. The van der Waals surface area contributed by atoms with Crippen molar-refractivity contribution in [3.63, 3.8) is 0 Å². The Morgan fingerprint density at radius 2 is 1.61 bits per heavy atom. The van der Waals surface area contributed by atoms with Gasteiger partial charge in [0.1, 0.15) is 12.4 Å². The van der Waals surface area contributed by atoms with Gasteiger partial charge in [-0.3, -0.25) is 0 Å². The molecule has 2 heterocycles. The summed E-state index contributed by atoms with van der Waals surface area (Å²) in [5.41, 5.74) is 0.337. The molecule has 3 aromatic rings. The molecule has 0 unspecified atom stereocenters. The van der Waals surface area contributed by atoms with Crippen molar-refractivity contribution in [2.75, 3.05) is 11.9 Å². The maximum Gasteiger partial charge on any atom is 0.405 e. The van der Waals surface area contributed by atoms with Crippen LogP contribution in [0.2, 0.25) is 0 Å². The van der Waals surface area contributed by atoms with E-state index in [1.165, 1.54) is 6.07 Å². The summed E-state index contributed by atoms with van der Waals surface area (Å²) in [5.74, 6) is -1.58. The number of nitrogens with one attached hydrogen (secondary N) is 2. The number of hydrogen-bond acceptors (Lipinski definition) is 2. The first-order valence-electron chi connectivity index (χ1n) is 10.0. The lowest BCUT2D eigenvalue weighted by atomic mass is 9.73. The number of nitrogens with zero attached hydrogens (tertiary/aromatic N) is 1. The molecule has 0 atom stereocenters. The number of aromatic amines is 1. The molecule has 0 fully saturated rings. The van der Waals surface area contributed by atoms with Crippen LogP contribution in [0.3, 0.4) is 0 Å². The molecule has 0 spiro atoms. The van der Waals surface area contributed by atoms with Crippen molar-refractivity contribution in [3.05, 3.63) is 59.4 Å². The van der Waals surface area contributed by atoms with E-state index in [1.807, 2.05) is 27.7 Å². The third kappa shape index (κ3) is 5.17. The lowest BCUT2D eigenvalue weighted by molar-refractivity contribution is -0.115. The predicted octanol–water partition coefficient (Wildman–Crippen LogP) is 6.85. The SMILES string of the molecule is CC(C)(CCC(C)(C)c1cc2cc[nH]c2c(F)c1F)c1ccc(NCC(F)(F)F)nc1. The van der Waals surface area contributed by atoms with Crippen LogP contribution >= 0.6 is 0 Å². The molecule has 3 rings (SSSR count). The van der Waals surface area contributed by atoms with Gasteiger partial charge in [-0.15, -0.1) is 0 Å². The van der Waals surface area contributed by atoms with Crippen LogP contribution in [0.5, 0.6) is 0 Å². The lowest BCUT2D eigenvalue weighted by Gasteiger charge is -2.32. The first-order chi connectivity index (χ1) is 14.3. The highest BCUT2D eigenvalue weighted by molar-refractivity contribution is 5.81. The van der Waals surface area contributed by atoms with E-state index in [0.29, 0.717) is 23.8 Å². The third-order valence-corrected chi connectivity index (χ3v) is 5.85. The minimum absolute atomic E-state index is 0.148. The van der Waals surface area contributed by atoms with Crippen molar-refractivity contribution >= 4 is 16.7 Å². The second-order valence-electron chi connectivity index (χ2n) is 9.16. The van der Waals surface area contributed by atoms with Crippen LogP contribution in [0.4, 0.5) is 27.8 Å². The molecule has 0 saturated carbocycles. The maximum atomic E-state index is 14.8. The summed E-state index contributed by atoms with van der Waals surface area (Å²) in [5, 5.41) is 2.87. The van der Waals surface area contributed by atoms with Gasteiger partial charge >= 0.3 is 6.18 Å². The van der Waals surface area contributed by atoms with Crippen molar-refractivity contribution in [2.45, 2.75) is 57.5 Å². The minimum Gasteiger partial charge on any atom is -0.361 e. The van der Waals surface area contributed by atoms with Gasteiger partial charge in [0.25, 0.3) is 0 Å². The number of fused-ring (bicyclic) bond motifs is 1. The standard InChI is InChI=1S/C23H26F5N3/c1-21(2,15-5-6-17(30-12-15)31-13-23(26,27)28)8-9-22(3,4)16-11-14-7-10-29-20(14)19(25)18(16)24/h5-7,10-12,29H,8-9,13H2,1-4H3,(H,30,31). The first kappa shape index (κ1) is 23.0. The Bertz CT molecular complexity index is 1050. The minimum atomic E-state index is -4.32. The normalized spacial score (nSPS) is 13.1. The summed E-state index contributed by atoms with van der Waals surface area (Å²) in [6.07, 6.45) is 0.0259. The van der Waals surface area contributed by atoms with Crippen molar-refractivity contribution in [2.24, 2.45) is 0 Å². The van der Waals surface area contributed by atoms with Gasteiger partial charge < -0.3 is 10.3 Å². The van der Waals surface area contributed by atoms with E-state index in [-0.39, 0.29) is 16.7 Å². The van der Waals surface area contributed by atoms with Crippen molar-refractivity contribution in [1.29, 1.82) is 0 Å². The Kier molecular flexibility index (Phi) is 6.04. The Morgan fingerprint density at radius 1 is 0.935 bits per heavy atom. The molecule has 0 radical (unpaired) electrons. The zero-order chi connectivity index (χ0) is 23.0. The number of halogens is 5. The number of benzene rings is 1. The predicted molar refractivity (Wildman–Crippen MR) is 112 cm³/mol. The van der Waals surface area contributed by atoms with E-state index in [4.69, 9.17) is 0 Å². The second kappa shape index (κ2) is 8.13. The second-order valence-corrected chi connectivity index (χ2v) is 9.16. The van der Waals surface area contributed by atoms with E-state index in [0.717, 1.165) is 5.56 Å². The molecule has 2 N–H and O–H groups in total. The van der Waals surface area contributed by atoms with E-state index in [2.05, 4.69) is 15.3 Å². The fourth-order valence-corrected chi connectivity index (χ4v) is 3.62. The van der Waals surface area contributed by atoms with Crippen LogP contribution in [0.1, 0.15) is 51.7 Å². The molecule has 8 heteroatoms. The number of alkyl halides is 3. The fraction of sp³-hybridized carbons (Fsp3) is 0.435. The quantitative estimate of drug-likeness (QED) is 0.395.